The molecule has 0 bridgehead atoms. The van der Waals surface area contributed by atoms with Crippen molar-refractivity contribution in [1.29, 1.82) is 0 Å². The van der Waals surface area contributed by atoms with Crippen molar-refractivity contribution in [3.05, 3.63) is 11.1 Å². The van der Waals surface area contributed by atoms with E-state index in [9.17, 15) is 0 Å². The van der Waals surface area contributed by atoms with Gasteiger partial charge in [-0.3, -0.25) is 0 Å². The Labute approximate surface area is 77.1 Å². The normalized spacial score (nSPS) is 19.2. The van der Waals surface area contributed by atoms with Crippen LogP contribution in [0.15, 0.2) is 11.1 Å². The Bertz CT molecular complexity index is 165. The fourth-order valence-electron chi connectivity index (χ4n) is 1.90. The van der Waals surface area contributed by atoms with E-state index in [1.807, 2.05) is 0 Å². The monoisotopic (exact) mass is 166 g/mol. The van der Waals surface area contributed by atoms with E-state index in [1.54, 1.807) is 11.1 Å². The maximum absolute atomic E-state index is 2.40. The molecule has 0 amide bonds. The van der Waals surface area contributed by atoms with Gasteiger partial charge in [0.15, 0.2) is 0 Å². The second-order valence-electron chi connectivity index (χ2n) is 4.34. The first-order valence-electron chi connectivity index (χ1n) is 5.41. The van der Waals surface area contributed by atoms with Crippen LogP contribution in [0.5, 0.6) is 0 Å². The van der Waals surface area contributed by atoms with E-state index in [-0.39, 0.29) is 0 Å². The average Bonchev–Trinajstić information content (AvgIpc) is 2.08. The van der Waals surface area contributed by atoms with Gasteiger partial charge in [-0.05, 0) is 32.1 Å². The Kier molecular flexibility index (Phi) is 3.84. The summed E-state index contributed by atoms with van der Waals surface area (Å²) >= 11 is 0. The molecule has 70 valence electrons. The Morgan fingerprint density at radius 3 is 2.50 bits per heavy atom. The molecule has 0 aromatic carbocycles. The van der Waals surface area contributed by atoms with Crippen LogP contribution in [0.3, 0.4) is 0 Å². The molecule has 0 aliphatic heterocycles. The second-order valence-corrected chi connectivity index (χ2v) is 4.34. The Morgan fingerprint density at radius 2 is 2.08 bits per heavy atom. The van der Waals surface area contributed by atoms with Crippen molar-refractivity contribution in [1.82, 2.24) is 0 Å². The van der Waals surface area contributed by atoms with Crippen LogP contribution in [0.4, 0.5) is 0 Å². The van der Waals surface area contributed by atoms with Crippen LogP contribution in [-0.2, 0) is 0 Å². The summed E-state index contributed by atoms with van der Waals surface area (Å²) in [7, 11) is 0. The highest BCUT2D eigenvalue weighted by atomic mass is 14.2. The minimum atomic E-state index is 0.926. The number of allylic oxidation sites excluding steroid dienone is 2. The van der Waals surface area contributed by atoms with Crippen molar-refractivity contribution < 1.29 is 0 Å². The van der Waals surface area contributed by atoms with Crippen LogP contribution in [0.1, 0.15) is 59.3 Å². The fraction of sp³-hybridized carbons (Fsp3) is 0.833. The molecule has 0 aromatic rings. The first kappa shape index (κ1) is 9.83. The molecule has 0 nitrogen and oxygen atoms in total. The standard InChI is InChI=1S/C12H22/c1-4-5-6-10(2)9-12-8-7-11(12)3/h10H,4-9H2,1-3H3. The van der Waals surface area contributed by atoms with E-state index >= 15 is 0 Å². The zero-order valence-electron chi connectivity index (χ0n) is 8.82. The molecule has 1 rings (SSSR count). The van der Waals surface area contributed by atoms with Crippen molar-refractivity contribution in [2.24, 2.45) is 5.92 Å². The molecule has 1 aliphatic carbocycles. The van der Waals surface area contributed by atoms with E-state index in [1.165, 1.54) is 38.5 Å². The molecule has 0 saturated heterocycles. The number of rotatable bonds is 5. The molecule has 1 aliphatic rings. The van der Waals surface area contributed by atoms with Gasteiger partial charge < -0.3 is 0 Å². The summed E-state index contributed by atoms with van der Waals surface area (Å²) in [4.78, 5) is 0. The average molecular weight is 166 g/mol. The van der Waals surface area contributed by atoms with Crippen LogP contribution in [0.2, 0.25) is 0 Å². The molecule has 0 saturated carbocycles. The molecule has 0 N–H and O–H groups in total. The smallest absolute Gasteiger partial charge is 0.0280 e. The van der Waals surface area contributed by atoms with Gasteiger partial charge >= 0.3 is 0 Å². The maximum atomic E-state index is 2.40. The van der Waals surface area contributed by atoms with E-state index in [0.717, 1.165) is 5.92 Å². The number of unbranched alkanes of at least 4 members (excludes halogenated alkanes) is 1. The van der Waals surface area contributed by atoms with Crippen LogP contribution in [-0.4, -0.2) is 0 Å². The molecular formula is C12H22. The van der Waals surface area contributed by atoms with E-state index in [4.69, 9.17) is 0 Å². The third kappa shape index (κ3) is 2.66. The first-order valence-corrected chi connectivity index (χ1v) is 5.41. The molecule has 0 spiro atoms. The lowest BCUT2D eigenvalue weighted by Crippen LogP contribution is -2.06. The van der Waals surface area contributed by atoms with Gasteiger partial charge in [-0.1, -0.05) is 44.3 Å². The van der Waals surface area contributed by atoms with Gasteiger partial charge in [-0.2, -0.15) is 0 Å². The number of hydrogen-bond donors (Lipinski definition) is 0. The topological polar surface area (TPSA) is 0 Å². The molecular weight excluding hydrogens is 144 g/mol. The molecule has 0 heterocycles. The van der Waals surface area contributed by atoms with E-state index in [0.29, 0.717) is 0 Å². The van der Waals surface area contributed by atoms with Gasteiger partial charge in [0.05, 0.1) is 0 Å². The molecule has 12 heavy (non-hydrogen) atoms. The summed E-state index contributed by atoms with van der Waals surface area (Å²) in [5, 5.41) is 0. The molecule has 1 unspecified atom stereocenters. The summed E-state index contributed by atoms with van der Waals surface area (Å²) in [6, 6.07) is 0. The Hall–Kier alpha value is -0.260. The minimum absolute atomic E-state index is 0.926. The van der Waals surface area contributed by atoms with Gasteiger partial charge in [0, 0.05) is 0 Å². The van der Waals surface area contributed by atoms with Gasteiger partial charge in [0.1, 0.15) is 0 Å². The number of hydrogen-bond acceptors (Lipinski definition) is 0. The molecule has 0 radical (unpaired) electrons. The van der Waals surface area contributed by atoms with Gasteiger partial charge in [-0.15, -0.1) is 0 Å². The lowest BCUT2D eigenvalue weighted by atomic mass is 9.83. The largest absolute Gasteiger partial charge is 0.0738 e. The van der Waals surface area contributed by atoms with Crippen LogP contribution in [0, 0.1) is 5.92 Å². The third-order valence-electron chi connectivity index (χ3n) is 3.05. The molecule has 0 heteroatoms. The zero-order valence-corrected chi connectivity index (χ0v) is 8.82. The summed E-state index contributed by atoms with van der Waals surface area (Å²) in [5.74, 6) is 0.926. The van der Waals surface area contributed by atoms with Gasteiger partial charge in [0.25, 0.3) is 0 Å². The van der Waals surface area contributed by atoms with Crippen molar-refractivity contribution >= 4 is 0 Å². The zero-order chi connectivity index (χ0) is 8.97. The van der Waals surface area contributed by atoms with Crippen LogP contribution in [0.25, 0.3) is 0 Å². The lowest BCUT2D eigenvalue weighted by molar-refractivity contribution is 0.483. The van der Waals surface area contributed by atoms with Crippen molar-refractivity contribution in [3.63, 3.8) is 0 Å². The van der Waals surface area contributed by atoms with E-state index < -0.39 is 0 Å². The Morgan fingerprint density at radius 1 is 1.33 bits per heavy atom. The van der Waals surface area contributed by atoms with Gasteiger partial charge in [0.2, 0.25) is 0 Å². The van der Waals surface area contributed by atoms with Crippen LogP contribution >= 0.6 is 0 Å². The quantitative estimate of drug-likeness (QED) is 0.534. The maximum Gasteiger partial charge on any atom is -0.0280 e. The van der Waals surface area contributed by atoms with Crippen LogP contribution < -0.4 is 0 Å². The fourth-order valence-corrected chi connectivity index (χ4v) is 1.90. The second kappa shape index (κ2) is 4.69. The highest BCUT2D eigenvalue weighted by Crippen LogP contribution is 2.33. The predicted molar refractivity (Wildman–Crippen MR) is 55.2 cm³/mol. The van der Waals surface area contributed by atoms with Crippen molar-refractivity contribution in [3.8, 4) is 0 Å². The van der Waals surface area contributed by atoms with Crippen molar-refractivity contribution in [2.45, 2.75) is 59.3 Å². The highest BCUT2D eigenvalue weighted by molar-refractivity contribution is 5.22. The minimum Gasteiger partial charge on any atom is -0.0738 e. The summed E-state index contributed by atoms with van der Waals surface area (Å²) < 4.78 is 0. The first-order chi connectivity index (χ1) is 5.74. The SMILES string of the molecule is CCCCC(C)CC1=C(C)CC1. The molecule has 0 aromatic heterocycles. The van der Waals surface area contributed by atoms with Gasteiger partial charge in [-0.25, -0.2) is 0 Å². The third-order valence-corrected chi connectivity index (χ3v) is 3.05. The van der Waals surface area contributed by atoms with E-state index in [2.05, 4.69) is 20.8 Å². The summed E-state index contributed by atoms with van der Waals surface area (Å²) in [6.45, 7) is 6.97. The highest BCUT2D eigenvalue weighted by Gasteiger charge is 2.14. The molecule has 0 fully saturated rings. The summed E-state index contributed by atoms with van der Waals surface area (Å²) in [6.07, 6.45) is 8.33. The summed E-state index contributed by atoms with van der Waals surface area (Å²) in [5.41, 5.74) is 3.44. The Balaban J connectivity index is 2.18. The predicted octanol–water partition coefficient (Wildman–Crippen LogP) is 4.31. The lowest BCUT2D eigenvalue weighted by Gasteiger charge is -2.23. The molecule has 1 atom stereocenters. The van der Waals surface area contributed by atoms with Crippen molar-refractivity contribution in [2.75, 3.05) is 0 Å².